The van der Waals surface area contributed by atoms with Crippen molar-refractivity contribution in [2.45, 2.75) is 50.5 Å². The van der Waals surface area contributed by atoms with Crippen LogP contribution >= 0.6 is 0 Å². The minimum Gasteiger partial charge on any atom is -0.368 e. The van der Waals surface area contributed by atoms with E-state index >= 15 is 0 Å². The summed E-state index contributed by atoms with van der Waals surface area (Å²) in [6.07, 6.45) is 8.89. The zero-order valence-corrected chi connectivity index (χ0v) is 20.6. The highest BCUT2D eigenvalue weighted by Gasteiger charge is 2.46. The van der Waals surface area contributed by atoms with Crippen LogP contribution in [0.1, 0.15) is 64.8 Å². The van der Waals surface area contributed by atoms with Gasteiger partial charge < -0.3 is 10.6 Å². The van der Waals surface area contributed by atoms with Crippen LogP contribution in [0.25, 0.3) is 5.52 Å². The number of Topliss-reactive ketones (excluding diaryl/α,β-unsaturated/α-hetero) is 1. The summed E-state index contributed by atoms with van der Waals surface area (Å²) in [6.45, 7) is 2.75. The number of likely N-dealkylation sites (tertiary alicyclic amines) is 2. The van der Waals surface area contributed by atoms with Crippen LogP contribution in [0.3, 0.4) is 0 Å². The average molecular weight is 488 g/mol. The van der Waals surface area contributed by atoms with Crippen molar-refractivity contribution in [3.8, 4) is 0 Å². The number of primary amides is 1. The molecule has 3 aromatic rings. The third-order valence-corrected chi connectivity index (χ3v) is 7.85. The first-order chi connectivity index (χ1) is 17.5. The maximum absolute atomic E-state index is 13.5. The van der Waals surface area contributed by atoms with Crippen molar-refractivity contribution < 1.29 is 14.4 Å². The zero-order chi connectivity index (χ0) is 25.1. The van der Waals surface area contributed by atoms with Crippen molar-refractivity contribution in [2.24, 2.45) is 5.73 Å². The van der Waals surface area contributed by atoms with E-state index in [4.69, 9.17) is 5.73 Å². The molecule has 2 aromatic heterocycles. The van der Waals surface area contributed by atoms with Crippen molar-refractivity contribution in [2.75, 3.05) is 26.2 Å². The van der Waals surface area contributed by atoms with Crippen LogP contribution in [-0.4, -0.2) is 68.7 Å². The highest BCUT2D eigenvalue weighted by molar-refractivity contribution is 6.01. The fourth-order valence-electron chi connectivity index (χ4n) is 5.66. The fraction of sp³-hybridized carbons (Fsp3) is 0.429. The van der Waals surface area contributed by atoms with Gasteiger partial charge in [0.15, 0.2) is 5.78 Å². The summed E-state index contributed by atoms with van der Waals surface area (Å²) in [4.78, 5) is 42.6. The molecule has 0 aliphatic carbocycles. The molecular formula is C28H33N5O3. The predicted octanol–water partition coefficient (Wildman–Crippen LogP) is 3.10. The Morgan fingerprint density at radius 3 is 2.36 bits per heavy atom. The predicted molar refractivity (Wildman–Crippen MR) is 137 cm³/mol. The van der Waals surface area contributed by atoms with Crippen molar-refractivity contribution in [1.29, 1.82) is 0 Å². The van der Waals surface area contributed by atoms with Gasteiger partial charge in [0.05, 0.1) is 17.3 Å². The Balaban J connectivity index is 1.28. The summed E-state index contributed by atoms with van der Waals surface area (Å²) >= 11 is 0. The molecule has 2 aliphatic rings. The Morgan fingerprint density at radius 1 is 0.944 bits per heavy atom. The molecule has 2 saturated heterocycles. The number of fused-ring (bicyclic) bond motifs is 1. The van der Waals surface area contributed by atoms with E-state index in [1.54, 1.807) is 10.7 Å². The molecule has 36 heavy (non-hydrogen) atoms. The molecule has 0 radical (unpaired) electrons. The molecule has 2 amide bonds. The first-order valence-corrected chi connectivity index (χ1v) is 12.9. The second-order valence-corrected chi connectivity index (χ2v) is 9.95. The number of benzene rings is 1. The SMILES string of the molecule is NC(=O)C1(N2CCCCC2)CCN(C(=O)c2cnn3ccc(CCC(=O)c4ccccc4)cc23)CC1. The van der Waals surface area contributed by atoms with E-state index in [-0.39, 0.29) is 17.6 Å². The van der Waals surface area contributed by atoms with Crippen LogP contribution in [0, 0.1) is 0 Å². The van der Waals surface area contributed by atoms with E-state index < -0.39 is 5.54 Å². The fourth-order valence-corrected chi connectivity index (χ4v) is 5.66. The van der Waals surface area contributed by atoms with Gasteiger partial charge in [0.1, 0.15) is 5.54 Å². The maximum Gasteiger partial charge on any atom is 0.257 e. The van der Waals surface area contributed by atoms with Gasteiger partial charge in [-0.1, -0.05) is 36.8 Å². The Kier molecular flexibility index (Phi) is 6.87. The Bertz CT molecular complexity index is 1250. The van der Waals surface area contributed by atoms with Crippen LogP contribution in [0.15, 0.2) is 54.9 Å². The molecule has 4 heterocycles. The van der Waals surface area contributed by atoms with Gasteiger partial charge in [0.2, 0.25) is 5.91 Å². The summed E-state index contributed by atoms with van der Waals surface area (Å²) in [7, 11) is 0. The number of rotatable bonds is 7. The lowest BCUT2D eigenvalue weighted by Gasteiger charge is -2.48. The van der Waals surface area contributed by atoms with E-state index in [1.165, 1.54) is 6.42 Å². The van der Waals surface area contributed by atoms with E-state index in [0.29, 0.717) is 49.9 Å². The van der Waals surface area contributed by atoms with Gasteiger partial charge in [-0.15, -0.1) is 0 Å². The Morgan fingerprint density at radius 2 is 1.67 bits per heavy atom. The van der Waals surface area contributed by atoms with Gasteiger partial charge in [-0.2, -0.15) is 5.10 Å². The summed E-state index contributed by atoms with van der Waals surface area (Å²) < 4.78 is 1.70. The van der Waals surface area contributed by atoms with Crippen LogP contribution in [-0.2, 0) is 11.2 Å². The molecule has 0 atom stereocenters. The van der Waals surface area contributed by atoms with Gasteiger partial charge in [0, 0.05) is 31.3 Å². The second kappa shape index (κ2) is 10.2. The molecule has 0 bridgehead atoms. The molecule has 8 nitrogen and oxygen atoms in total. The lowest BCUT2D eigenvalue weighted by Crippen LogP contribution is -2.63. The lowest BCUT2D eigenvalue weighted by molar-refractivity contribution is -0.134. The van der Waals surface area contributed by atoms with Gasteiger partial charge in [0.25, 0.3) is 5.91 Å². The number of hydrogen-bond acceptors (Lipinski definition) is 5. The number of hydrogen-bond donors (Lipinski definition) is 1. The molecule has 2 aliphatic heterocycles. The minimum atomic E-state index is -0.656. The Hall–Kier alpha value is -3.52. The molecule has 0 spiro atoms. The lowest BCUT2D eigenvalue weighted by atomic mass is 9.83. The van der Waals surface area contributed by atoms with Gasteiger partial charge in [-0.3, -0.25) is 19.3 Å². The van der Waals surface area contributed by atoms with E-state index in [9.17, 15) is 14.4 Å². The standard InChI is InChI=1S/C28H33N5O3/c29-27(36)28(32-14-5-2-6-15-32)12-17-31(18-13-28)26(35)23-20-30-33-16-11-21(19-24(23)33)9-10-25(34)22-7-3-1-4-8-22/h1,3-4,7-8,11,16,19-20H,2,5-6,9-10,12-15,17-18H2,(H2,29,36). The first kappa shape index (κ1) is 24.2. The number of amides is 2. The highest BCUT2D eigenvalue weighted by atomic mass is 16.2. The normalized spacial score (nSPS) is 18.3. The molecular weight excluding hydrogens is 454 g/mol. The summed E-state index contributed by atoms with van der Waals surface area (Å²) in [5.74, 6) is -0.262. The van der Waals surface area contributed by atoms with Crippen LogP contribution in [0.2, 0.25) is 0 Å². The maximum atomic E-state index is 13.5. The number of carbonyl (C=O) groups is 3. The van der Waals surface area contributed by atoms with Crippen molar-refractivity contribution in [3.63, 3.8) is 0 Å². The van der Waals surface area contributed by atoms with E-state index in [1.807, 2.05) is 53.6 Å². The van der Waals surface area contributed by atoms with Crippen LogP contribution in [0.4, 0.5) is 0 Å². The summed E-state index contributed by atoms with van der Waals surface area (Å²) in [5.41, 5.74) is 8.21. The molecule has 188 valence electrons. The highest BCUT2D eigenvalue weighted by Crippen LogP contribution is 2.32. The number of ketones is 1. The number of pyridine rings is 1. The number of aromatic nitrogens is 2. The van der Waals surface area contributed by atoms with Crippen molar-refractivity contribution in [3.05, 3.63) is 71.5 Å². The number of nitrogens with two attached hydrogens (primary N) is 1. The van der Waals surface area contributed by atoms with Gasteiger partial charge in [-0.05, 0) is 62.9 Å². The molecule has 8 heteroatoms. The summed E-state index contributed by atoms with van der Waals surface area (Å²) in [6, 6.07) is 13.2. The first-order valence-electron chi connectivity index (χ1n) is 12.9. The number of aryl methyl sites for hydroxylation is 1. The average Bonchev–Trinajstić information content (AvgIpc) is 3.35. The van der Waals surface area contributed by atoms with E-state index in [2.05, 4.69) is 10.00 Å². The third-order valence-electron chi connectivity index (χ3n) is 7.85. The molecule has 5 rings (SSSR count). The zero-order valence-electron chi connectivity index (χ0n) is 20.6. The topological polar surface area (TPSA) is 101 Å². The van der Waals surface area contributed by atoms with Crippen molar-refractivity contribution >= 4 is 23.1 Å². The van der Waals surface area contributed by atoms with Crippen LogP contribution < -0.4 is 5.73 Å². The van der Waals surface area contributed by atoms with Gasteiger partial charge in [-0.25, -0.2) is 4.52 Å². The molecule has 2 fully saturated rings. The summed E-state index contributed by atoms with van der Waals surface area (Å²) in [5, 5.41) is 4.37. The number of carbonyl (C=O) groups excluding carboxylic acids is 3. The minimum absolute atomic E-state index is 0.0840. The van der Waals surface area contributed by atoms with E-state index in [0.717, 1.165) is 37.0 Å². The van der Waals surface area contributed by atoms with Gasteiger partial charge >= 0.3 is 0 Å². The Labute approximate surface area is 211 Å². The van der Waals surface area contributed by atoms with Crippen molar-refractivity contribution in [1.82, 2.24) is 19.4 Å². The number of piperidine rings is 2. The molecule has 0 unspecified atom stereocenters. The molecule has 2 N–H and O–H groups in total. The third kappa shape index (κ3) is 4.65. The van der Waals surface area contributed by atoms with Crippen LogP contribution in [0.5, 0.6) is 0 Å². The monoisotopic (exact) mass is 487 g/mol. The smallest absolute Gasteiger partial charge is 0.257 e. The molecule has 1 aromatic carbocycles. The molecule has 0 saturated carbocycles. The number of nitrogens with zero attached hydrogens (tertiary/aromatic N) is 4. The second-order valence-electron chi connectivity index (χ2n) is 9.95. The quantitative estimate of drug-likeness (QED) is 0.516. The largest absolute Gasteiger partial charge is 0.368 e.